The van der Waals surface area contributed by atoms with E-state index in [2.05, 4.69) is 170 Å². The maximum absolute atomic E-state index is 15.2. The summed E-state index contributed by atoms with van der Waals surface area (Å²) in [4.78, 5) is 0. The van der Waals surface area contributed by atoms with Gasteiger partial charge in [-0.05, 0) is 101 Å². The molecule has 2 heteroatoms. The Morgan fingerprint density at radius 2 is 0.907 bits per heavy atom. The summed E-state index contributed by atoms with van der Waals surface area (Å²) in [6, 6.07) is 65.1. The van der Waals surface area contributed by atoms with Gasteiger partial charge in [0.2, 0.25) is 0 Å². The smallest absolute Gasteiger partial charge is 0.167 e. The third-order valence-electron chi connectivity index (χ3n) is 11.2. The van der Waals surface area contributed by atoms with Crippen LogP contribution in [0.1, 0.15) is 12.8 Å². The molecular weight excluding hydrogens is 672 g/mol. The van der Waals surface area contributed by atoms with Gasteiger partial charge in [-0.15, -0.1) is 0 Å². The molecule has 256 valence electrons. The summed E-state index contributed by atoms with van der Waals surface area (Å²) in [5.41, 5.74) is 7.18. The van der Waals surface area contributed by atoms with E-state index in [1.165, 1.54) is 65.3 Å². The van der Waals surface area contributed by atoms with E-state index in [-0.39, 0.29) is 0 Å². The zero-order valence-corrected chi connectivity index (χ0v) is 30.7. The molecule has 54 heavy (non-hydrogen) atoms. The number of rotatable bonds is 6. The second-order valence-electron chi connectivity index (χ2n) is 14.2. The molecule has 9 aromatic rings. The second-order valence-corrected chi connectivity index (χ2v) is 17.1. The molecule has 1 aliphatic rings. The van der Waals surface area contributed by atoms with Crippen LogP contribution in [-0.4, -0.2) is 0 Å². The second kappa shape index (κ2) is 13.3. The van der Waals surface area contributed by atoms with E-state index < -0.39 is 7.14 Å². The fourth-order valence-corrected chi connectivity index (χ4v) is 11.5. The lowest BCUT2D eigenvalue weighted by Gasteiger charge is -2.24. The number of hydrogen-bond acceptors (Lipinski definition) is 1. The predicted octanol–water partition coefficient (Wildman–Crippen LogP) is 13.8. The van der Waals surface area contributed by atoms with Crippen LogP contribution >= 0.6 is 7.14 Å². The minimum absolute atomic E-state index is 0.805. The van der Waals surface area contributed by atoms with Gasteiger partial charge in [0.25, 0.3) is 0 Å². The Labute approximate surface area is 315 Å². The van der Waals surface area contributed by atoms with E-state index in [9.17, 15) is 0 Å². The Bertz CT molecular complexity index is 3000. The molecule has 0 bridgehead atoms. The van der Waals surface area contributed by atoms with Crippen LogP contribution in [0.4, 0.5) is 0 Å². The zero-order chi connectivity index (χ0) is 36.1. The molecule has 0 amide bonds. The number of fused-ring (bicyclic) bond motifs is 4. The highest BCUT2D eigenvalue weighted by Crippen LogP contribution is 2.54. The molecular formula is C52H37OP. The maximum atomic E-state index is 15.2. The lowest BCUT2D eigenvalue weighted by Crippen LogP contribution is -2.18. The maximum Gasteiger partial charge on any atom is 0.167 e. The third kappa shape index (κ3) is 5.27. The van der Waals surface area contributed by atoms with Crippen molar-refractivity contribution in [2.24, 2.45) is 0 Å². The van der Waals surface area contributed by atoms with E-state index in [0.29, 0.717) is 0 Å². The van der Waals surface area contributed by atoms with Crippen molar-refractivity contribution in [2.45, 2.75) is 12.8 Å². The van der Waals surface area contributed by atoms with E-state index in [1.807, 2.05) is 30.3 Å². The molecule has 10 rings (SSSR count). The molecule has 1 nitrogen and oxygen atoms in total. The van der Waals surface area contributed by atoms with Crippen molar-refractivity contribution in [3.05, 3.63) is 206 Å². The monoisotopic (exact) mass is 708 g/mol. The molecule has 0 aliphatic heterocycles. The Morgan fingerprint density at radius 3 is 1.52 bits per heavy atom. The van der Waals surface area contributed by atoms with Crippen LogP contribution in [0, 0.1) is 0 Å². The molecule has 0 radical (unpaired) electrons. The normalized spacial score (nSPS) is 14.0. The third-order valence-corrected chi connectivity index (χ3v) is 14.5. The van der Waals surface area contributed by atoms with Gasteiger partial charge in [-0.25, -0.2) is 0 Å². The lowest BCUT2D eigenvalue weighted by atomic mass is 9.83. The zero-order valence-electron chi connectivity index (χ0n) is 29.8. The van der Waals surface area contributed by atoms with E-state index in [0.717, 1.165) is 39.9 Å². The number of allylic oxidation sites excluding steroid dienone is 4. The molecule has 1 aliphatic carbocycles. The quantitative estimate of drug-likeness (QED) is 0.124. The highest BCUT2D eigenvalue weighted by molar-refractivity contribution is 7.82. The Balaban J connectivity index is 1.23. The fraction of sp³-hybridized carbons (Fsp3) is 0.0385. The van der Waals surface area contributed by atoms with Gasteiger partial charge in [0.05, 0.1) is 0 Å². The topological polar surface area (TPSA) is 17.1 Å². The van der Waals surface area contributed by atoms with Gasteiger partial charge in [0, 0.05) is 10.6 Å². The van der Waals surface area contributed by atoms with E-state index in [1.54, 1.807) is 0 Å². The van der Waals surface area contributed by atoms with Crippen LogP contribution in [0.15, 0.2) is 206 Å². The molecule has 0 heterocycles. The van der Waals surface area contributed by atoms with Crippen LogP contribution in [0.2, 0.25) is 0 Å². The average molecular weight is 709 g/mol. The summed E-state index contributed by atoms with van der Waals surface area (Å²) in [5.74, 6) is 0. The summed E-state index contributed by atoms with van der Waals surface area (Å²) in [6.45, 7) is 0. The van der Waals surface area contributed by atoms with Crippen LogP contribution in [0.5, 0.6) is 0 Å². The van der Waals surface area contributed by atoms with Crippen LogP contribution < -0.4 is 10.6 Å². The summed E-state index contributed by atoms with van der Waals surface area (Å²) < 4.78 is 15.2. The molecule has 0 aromatic heterocycles. The number of hydrogen-bond donors (Lipinski definition) is 0. The van der Waals surface area contributed by atoms with Gasteiger partial charge in [-0.2, -0.15) is 0 Å². The van der Waals surface area contributed by atoms with Crippen molar-refractivity contribution in [1.29, 1.82) is 0 Å². The molecule has 0 spiro atoms. The molecule has 0 fully saturated rings. The van der Waals surface area contributed by atoms with Gasteiger partial charge < -0.3 is 4.57 Å². The highest BCUT2D eigenvalue weighted by atomic mass is 31.2. The lowest BCUT2D eigenvalue weighted by molar-refractivity contribution is 0.589. The fourth-order valence-electron chi connectivity index (χ4n) is 8.66. The predicted molar refractivity (Wildman–Crippen MR) is 233 cm³/mol. The minimum atomic E-state index is -3.00. The summed E-state index contributed by atoms with van der Waals surface area (Å²) in [5, 5.41) is 12.6. The van der Waals surface area contributed by atoms with Crippen molar-refractivity contribution >= 4 is 60.8 Å². The van der Waals surface area contributed by atoms with Crippen molar-refractivity contribution < 1.29 is 4.57 Å². The Hall–Kier alpha value is -6.27. The summed E-state index contributed by atoms with van der Waals surface area (Å²) in [7, 11) is -3.00. The van der Waals surface area contributed by atoms with E-state index in [4.69, 9.17) is 0 Å². The largest absolute Gasteiger partial charge is 0.309 e. The van der Waals surface area contributed by atoms with E-state index >= 15 is 4.57 Å². The van der Waals surface area contributed by atoms with Crippen LogP contribution in [-0.2, 0) is 4.57 Å². The van der Waals surface area contributed by atoms with Gasteiger partial charge >= 0.3 is 0 Å². The van der Waals surface area contributed by atoms with Crippen molar-refractivity contribution in [2.75, 3.05) is 0 Å². The van der Waals surface area contributed by atoms with Gasteiger partial charge in [0.1, 0.15) is 0 Å². The standard InChI is InChI=1S/C52H37OP/c53-54(40-19-3-1-4-20-40,41-21-5-2-6-22-41)42-32-29-36(30-33-42)39-31-34-49-50(35-39)52(46-28-14-18-38-16-8-10-24-44(38)46)48-26-12-11-25-47(48)51(49)45-27-13-17-37-15-7-9-23-43(37)45/h1-5,7-21,23-35H,6,22H2. The first kappa shape index (κ1) is 32.4. The van der Waals surface area contributed by atoms with Crippen molar-refractivity contribution in [3.8, 4) is 33.4 Å². The van der Waals surface area contributed by atoms with Crippen molar-refractivity contribution in [3.63, 3.8) is 0 Å². The molecule has 9 aromatic carbocycles. The Kier molecular flexibility index (Phi) is 7.97. The van der Waals surface area contributed by atoms with Crippen LogP contribution in [0.3, 0.4) is 0 Å². The van der Waals surface area contributed by atoms with Crippen LogP contribution in [0.25, 0.3) is 76.5 Å². The average Bonchev–Trinajstić information content (AvgIpc) is 3.25. The van der Waals surface area contributed by atoms with Gasteiger partial charge in [-0.1, -0.05) is 194 Å². The first-order valence-electron chi connectivity index (χ1n) is 18.8. The first-order valence-corrected chi connectivity index (χ1v) is 20.5. The Morgan fingerprint density at radius 1 is 0.407 bits per heavy atom. The van der Waals surface area contributed by atoms with Crippen molar-refractivity contribution in [1.82, 2.24) is 0 Å². The molecule has 1 unspecified atom stereocenters. The highest BCUT2D eigenvalue weighted by Gasteiger charge is 2.32. The van der Waals surface area contributed by atoms with Gasteiger partial charge in [-0.3, -0.25) is 0 Å². The number of benzene rings is 9. The summed E-state index contributed by atoms with van der Waals surface area (Å²) >= 11 is 0. The van der Waals surface area contributed by atoms with Gasteiger partial charge in [0.15, 0.2) is 7.14 Å². The minimum Gasteiger partial charge on any atom is -0.309 e. The molecule has 0 saturated heterocycles. The first-order chi connectivity index (χ1) is 26.7. The molecule has 1 atom stereocenters. The molecule has 0 N–H and O–H groups in total. The SMILES string of the molecule is O=P(C1=CC=CCC1)(c1ccccc1)c1ccc(-c2ccc3c(-c4cccc5ccccc45)c4ccccc4c(-c4cccc5ccccc45)c3c2)cc1. The summed E-state index contributed by atoms with van der Waals surface area (Å²) in [6.07, 6.45) is 8.00. The molecule has 0 saturated carbocycles.